The minimum Gasteiger partial charge on any atom is -0.295 e. The quantitative estimate of drug-likeness (QED) is 0.714. The maximum atomic E-state index is 12.2. The van der Waals surface area contributed by atoms with Gasteiger partial charge in [-0.2, -0.15) is 4.98 Å². The third kappa shape index (κ3) is 3.80. The van der Waals surface area contributed by atoms with Crippen LogP contribution in [-0.4, -0.2) is 29.5 Å². The maximum absolute atomic E-state index is 12.2. The molecular formula is C15H17N5O3S. The van der Waals surface area contributed by atoms with E-state index < -0.39 is 10.0 Å². The molecule has 1 aromatic heterocycles. The summed E-state index contributed by atoms with van der Waals surface area (Å²) in [5.74, 6) is -0.282. The third-order valence-corrected chi connectivity index (χ3v) is 4.99. The fourth-order valence-corrected chi connectivity index (χ4v) is 3.36. The Balaban J connectivity index is 1.65. The number of nitrogens with one attached hydrogen (secondary N) is 3. The van der Waals surface area contributed by atoms with E-state index >= 15 is 0 Å². The normalized spacial score (nSPS) is 17.4. The number of aromatic amines is 1. The smallest absolute Gasteiger partial charge is 0.264 e. The predicted octanol–water partition coefficient (Wildman–Crippen LogP) is 1.90. The molecule has 0 spiro atoms. The molecule has 0 radical (unpaired) electrons. The standard InChI is InChI=1S/C15H17N5O3S/c21-13(11-7-3-1-4-8-11)16-14-17-15(19-18-14)20-24(22,23)12-9-5-2-6-10-12/h1-3,5-6,9-11H,4,7-8H2,(H3,16,17,18,19,20,21)/t11-/m1/s1. The highest BCUT2D eigenvalue weighted by molar-refractivity contribution is 7.92. The molecule has 1 aliphatic carbocycles. The number of aromatic nitrogens is 3. The number of carbonyl (C=O) groups is 1. The Labute approximate surface area is 139 Å². The van der Waals surface area contributed by atoms with Crippen LogP contribution >= 0.6 is 0 Å². The molecule has 0 bridgehead atoms. The van der Waals surface area contributed by atoms with Crippen LogP contribution in [0.5, 0.6) is 0 Å². The van der Waals surface area contributed by atoms with Gasteiger partial charge in [-0.3, -0.25) is 10.1 Å². The van der Waals surface area contributed by atoms with Crippen molar-refractivity contribution in [3.05, 3.63) is 42.5 Å². The summed E-state index contributed by atoms with van der Waals surface area (Å²) < 4.78 is 26.6. The molecule has 2 aromatic rings. The van der Waals surface area contributed by atoms with Crippen molar-refractivity contribution < 1.29 is 13.2 Å². The Morgan fingerprint density at radius 3 is 2.71 bits per heavy atom. The van der Waals surface area contributed by atoms with Gasteiger partial charge in [0.1, 0.15) is 0 Å². The third-order valence-electron chi connectivity index (χ3n) is 3.65. The summed E-state index contributed by atoms with van der Waals surface area (Å²) in [6, 6.07) is 7.90. The molecule has 24 heavy (non-hydrogen) atoms. The fourth-order valence-electron chi connectivity index (χ4n) is 2.39. The number of hydrogen-bond acceptors (Lipinski definition) is 5. The van der Waals surface area contributed by atoms with Crippen molar-refractivity contribution in [1.29, 1.82) is 0 Å². The molecule has 1 amide bonds. The van der Waals surface area contributed by atoms with Crippen LogP contribution in [-0.2, 0) is 14.8 Å². The van der Waals surface area contributed by atoms with E-state index in [1.54, 1.807) is 18.2 Å². The Bertz CT molecular complexity index is 845. The summed E-state index contributed by atoms with van der Waals surface area (Å²) in [5.41, 5.74) is 0. The summed E-state index contributed by atoms with van der Waals surface area (Å²) in [4.78, 5) is 16.2. The van der Waals surface area contributed by atoms with Crippen molar-refractivity contribution in [1.82, 2.24) is 15.2 Å². The Morgan fingerprint density at radius 2 is 2.00 bits per heavy atom. The van der Waals surface area contributed by atoms with Crippen LogP contribution in [0, 0.1) is 5.92 Å². The van der Waals surface area contributed by atoms with Crippen LogP contribution in [0.3, 0.4) is 0 Å². The fraction of sp³-hybridized carbons (Fsp3) is 0.267. The SMILES string of the molecule is O=C(Nc1nc(NS(=O)(=O)c2ccccc2)n[nH]1)[C@@H]1CC=CCC1. The first-order valence-corrected chi connectivity index (χ1v) is 8.99. The lowest BCUT2D eigenvalue weighted by Gasteiger charge is -2.15. The molecule has 8 nitrogen and oxygen atoms in total. The zero-order chi connectivity index (χ0) is 17.0. The number of amides is 1. The highest BCUT2D eigenvalue weighted by Crippen LogP contribution is 2.20. The van der Waals surface area contributed by atoms with Crippen LogP contribution in [0.15, 0.2) is 47.4 Å². The summed E-state index contributed by atoms with van der Waals surface area (Å²) >= 11 is 0. The first-order chi connectivity index (χ1) is 11.5. The van der Waals surface area contributed by atoms with Gasteiger partial charge in [-0.05, 0) is 31.4 Å². The van der Waals surface area contributed by atoms with E-state index in [1.165, 1.54) is 12.1 Å². The average Bonchev–Trinajstić information content (AvgIpc) is 3.02. The molecule has 9 heteroatoms. The van der Waals surface area contributed by atoms with Gasteiger partial charge >= 0.3 is 0 Å². The van der Waals surface area contributed by atoms with Crippen molar-refractivity contribution in [2.45, 2.75) is 24.2 Å². The van der Waals surface area contributed by atoms with E-state index in [1.807, 2.05) is 6.08 Å². The number of carbonyl (C=O) groups excluding carboxylic acids is 1. The molecular weight excluding hydrogens is 330 g/mol. The van der Waals surface area contributed by atoms with Gasteiger partial charge in [0.25, 0.3) is 16.0 Å². The van der Waals surface area contributed by atoms with Gasteiger partial charge in [0.15, 0.2) is 0 Å². The number of benzene rings is 1. The van der Waals surface area contributed by atoms with E-state index in [0.29, 0.717) is 6.42 Å². The van der Waals surface area contributed by atoms with Gasteiger partial charge in [0.05, 0.1) is 4.90 Å². The molecule has 0 aliphatic heterocycles. The molecule has 1 atom stereocenters. The Hall–Kier alpha value is -2.68. The van der Waals surface area contributed by atoms with Crippen LogP contribution in [0.2, 0.25) is 0 Å². The minimum atomic E-state index is -3.77. The van der Waals surface area contributed by atoms with Crippen LogP contribution in [0.1, 0.15) is 19.3 Å². The van der Waals surface area contributed by atoms with E-state index in [9.17, 15) is 13.2 Å². The molecule has 126 valence electrons. The molecule has 0 unspecified atom stereocenters. The molecule has 3 rings (SSSR count). The maximum Gasteiger partial charge on any atom is 0.264 e. The summed E-state index contributed by atoms with van der Waals surface area (Å²) in [7, 11) is -3.77. The lowest BCUT2D eigenvalue weighted by molar-refractivity contribution is -0.120. The number of rotatable bonds is 5. The number of nitrogens with zero attached hydrogens (tertiary/aromatic N) is 2. The van der Waals surface area contributed by atoms with Gasteiger partial charge in [-0.15, -0.1) is 5.10 Å². The predicted molar refractivity (Wildman–Crippen MR) is 88.7 cm³/mol. The monoisotopic (exact) mass is 347 g/mol. The first kappa shape index (κ1) is 16.2. The molecule has 0 saturated heterocycles. The number of allylic oxidation sites excluding steroid dienone is 2. The minimum absolute atomic E-state index is 0.106. The zero-order valence-electron chi connectivity index (χ0n) is 12.8. The van der Waals surface area contributed by atoms with Gasteiger partial charge in [0, 0.05) is 5.92 Å². The van der Waals surface area contributed by atoms with Gasteiger partial charge < -0.3 is 0 Å². The van der Waals surface area contributed by atoms with E-state index in [-0.39, 0.29) is 28.6 Å². The second-order valence-corrected chi connectivity index (χ2v) is 7.08. The van der Waals surface area contributed by atoms with Gasteiger partial charge in [-0.25, -0.2) is 18.2 Å². The van der Waals surface area contributed by atoms with E-state index in [2.05, 4.69) is 31.3 Å². The lowest BCUT2D eigenvalue weighted by Crippen LogP contribution is -2.24. The molecule has 3 N–H and O–H groups in total. The lowest BCUT2D eigenvalue weighted by atomic mass is 9.94. The highest BCUT2D eigenvalue weighted by atomic mass is 32.2. The number of sulfonamides is 1. The average molecular weight is 347 g/mol. The van der Waals surface area contributed by atoms with Crippen molar-refractivity contribution in [3.63, 3.8) is 0 Å². The van der Waals surface area contributed by atoms with Crippen LogP contribution in [0.4, 0.5) is 11.9 Å². The largest absolute Gasteiger partial charge is 0.295 e. The van der Waals surface area contributed by atoms with E-state index in [4.69, 9.17) is 0 Å². The van der Waals surface area contributed by atoms with Crippen molar-refractivity contribution in [2.24, 2.45) is 5.92 Å². The Morgan fingerprint density at radius 1 is 1.21 bits per heavy atom. The topological polar surface area (TPSA) is 117 Å². The number of anilines is 2. The molecule has 0 fully saturated rings. The van der Waals surface area contributed by atoms with Crippen molar-refractivity contribution in [3.8, 4) is 0 Å². The molecule has 1 aromatic carbocycles. The van der Waals surface area contributed by atoms with Crippen molar-refractivity contribution in [2.75, 3.05) is 10.0 Å². The molecule has 1 aliphatic rings. The van der Waals surface area contributed by atoms with Gasteiger partial charge in [0.2, 0.25) is 11.9 Å². The van der Waals surface area contributed by atoms with Gasteiger partial charge in [-0.1, -0.05) is 30.4 Å². The zero-order valence-corrected chi connectivity index (χ0v) is 13.6. The number of hydrogen-bond donors (Lipinski definition) is 3. The van der Waals surface area contributed by atoms with Crippen LogP contribution in [0.25, 0.3) is 0 Å². The van der Waals surface area contributed by atoms with Crippen molar-refractivity contribution >= 4 is 27.8 Å². The van der Waals surface area contributed by atoms with E-state index in [0.717, 1.165) is 12.8 Å². The molecule has 1 heterocycles. The highest BCUT2D eigenvalue weighted by Gasteiger charge is 2.21. The summed E-state index contributed by atoms with van der Waals surface area (Å²) in [6.45, 7) is 0. The second kappa shape index (κ2) is 6.83. The summed E-state index contributed by atoms with van der Waals surface area (Å²) in [6.07, 6.45) is 6.37. The first-order valence-electron chi connectivity index (χ1n) is 7.51. The number of H-pyrrole nitrogens is 1. The van der Waals surface area contributed by atoms with Crippen LogP contribution < -0.4 is 10.0 Å². The molecule has 0 saturated carbocycles. The second-order valence-electron chi connectivity index (χ2n) is 5.40. The summed E-state index contributed by atoms with van der Waals surface area (Å²) in [5, 5.41) is 8.90. The Kier molecular flexibility index (Phi) is 4.61.